The fraction of sp³-hybridized carbons (Fsp3) is 0.0526. The molecule has 0 atom stereocenters. The summed E-state index contributed by atoms with van der Waals surface area (Å²) in [4.78, 5) is 24.1. The van der Waals surface area contributed by atoms with E-state index in [9.17, 15) is 14.0 Å². The minimum atomic E-state index is -0.371. The molecule has 0 fully saturated rings. The lowest BCUT2D eigenvalue weighted by Crippen LogP contribution is -2.14. The van der Waals surface area contributed by atoms with Crippen LogP contribution in [-0.4, -0.2) is 11.8 Å². The van der Waals surface area contributed by atoms with E-state index in [0.717, 1.165) is 0 Å². The van der Waals surface area contributed by atoms with Gasteiger partial charge in [-0.15, -0.1) is 0 Å². The molecular formula is C19H15FN2O3. The number of halogens is 1. The lowest BCUT2D eigenvalue weighted by atomic mass is 10.1. The summed E-state index contributed by atoms with van der Waals surface area (Å²) in [5.74, 6) is -0.844. The topological polar surface area (TPSA) is 71.3 Å². The highest BCUT2D eigenvalue weighted by Crippen LogP contribution is 2.18. The van der Waals surface area contributed by atoms with E-state index >= 15 is 0 Å². The highest BCUT2D eigenvalue weighted by atomic mass is 19.1. The molecule has 0 saturated carbocycles. The molecule has 6 heteroatoms. The van der Waals surface area contributed by atoms with Crippen molar-refractivity contribution >= 4 is 23.2 Å². The first-order valence-corrected chi connectivity index (χ1v) is 7.55. The molecule has 25 heavy (non-hydrogen) atoms. The summed E-state index contributed by atoms with van der Waals surface area (Å²) in [6, 6.07) is 13.7. The van der Waals surface area contributed by atoms with Crippen molar-refractivity contribution in [1.29, 1.82) is 0 Å². The van der Waals surface area contributed by atoms with Crippen LogP contribution in [-0.2, 0) is 0 Å². The summed E-state index contributed by atoms with van der Waals surface area (Å²) in [6.45, 7) is 1.71. The maximum atomic E-state index is 13.1. The fourth-order valence-corrected chi connectivity index (χ4v) is 2.27. The predicted octanol–water partition coefficient (Wildman–Crippen LogP) is 4.23. The molecule has 0 spiro atoms. The molecule has 126 valence electrons. The molecule has 5 nitrogen and oxygen atoms in total. The molecule has 0 bridgehead atoms. The number of amides is 2. The smallest absolute Gasteiger partial charge is 0.291 e. The van der Waals surface area contributed by atoms with Crippen LogP contribution in [0.25, 0.3) is 0 Å². The van der Waals surface area contributed by atoms with E-state index < -0.39 is 0 Å². The Hall–Kier alpha value is -3.41. The Morgan fingerprint density at radius 3 is 2.36 bits per heavy atom. The van der Waals surface area contributed by atoms with E-state index in [2.05, 4.69) is 10.6 Å². The number of nitrogens with one attached hydrogen (secondary N) is 2. The molecule has 1 heterocycles. The molecule has 0 radical (unpaired) electrons. The van der Waals surface area contributed by atoms with Crippen molar-refractivity contribution in [3.8, 4) is 0 Å². The summed E-state index contributed by atoms with van der Waals surface area (Å²) in [6.07, 6.45) is 1.42. The monoisotopic (exact) mass is 338 g/mol. The minimum Gasteiger partial charge on any atom is -0.459 e. The molecule has 0 aliphatic heterocycles. The van der Waals surface area contributed by atoms with Gasteiger partial charge in [-0.3, -0.25) is 9.59 Å². The standard InChI is InChI=1S/C19H15FN2O3/c1-12-11-14(20)6-9-16(12)22-18(23)13-4-7-15(8-5-13)21-19(24)17-3-2-10-25-17/h2-11H,1H3,(H,21,24)(H,22,23). The van der Waals surface area contributed by atoms with Crippen molar-refractivity contribution in [2.24, 2.45) is 0 Å². The van der Waals surface area contributed by atoms with Crippen LogP contribution in [0.3, 0.4) is 0 Å². The molecule has 0 aliphatic rings. The zero-order chi connectivity index (χ0) is 17.8. The largest absolute Gasteiger partial charge is 0.459 e. The van der Waals surface area contributed by atoms with Crippen LogP contribution in [0.15, 0.2) is 65.3 Å². The average molecular weight is 338 g/mol. The highest BCUT2D eigenvalue weighted by molar-refractivity contribution is 6.05. The zero-order valence-corrected chi connectivity index (χ0v) is 13.4. The second-order valence-electron chi connectivity index (χ2n) is 5.42. The summed E-state index contributed by atoms with van der Waals surface area (Å²) >= 11 is 0. The first kappa shape index (κ1) is 16.4. The molecule has 0 saturated heterocycles. The number of hydrogen-bond acceptors (Lipinski definition) is 3. The van der Waals surface area contributed by atoms with E-state index in [-0.39, 0.29) is 23.4 Å². The third kappa shape index (κ3) is 3.92. The molecule has 1 aromatic heterocycles. The van der Waals surface area contributed by atoms with E-state index in [1.54, 1.807) is 43.3 Å². The number of hydrogen-bond donors (Lipinski definition) is 2. The SMILES string of the molecule is Cc1cc(F)ccc1NC(=O)c1ccc(NC(=O)c2ccco2)cc1. The summed E-state index contributed by atoms with van der Waals surface area (Å²) < 4.78 is 18.1. The van der Waals surface area contributed by atoms with Gasteiger partial charge < -0.3 is 15.1 Å². The molecular weight excluding hydrogens is 323 g/mol. The molecule has 0 aliphatic carbocycles. The molecule has 2 amide bonds. The van der Waals surface area contributed by atoms with Crippen molar-refractivity contribution in [2.75, 3.05) is 10.6 Å². The number of anilines is 2. The Bertz CT molecular complexity index is 903. The second kappa shape index (κ2) is 7.00. The zero-order valence-electron chi connectivity index (χ0n) is 13.4. The molecule has 0 unspecified atom stereocenters. The van der Waals surface area contributed by atoms with Crippen molar-refractivity contribution in [3.05, 3.63) is 83.6 Å². The molecule has 3 aromatic rings. The Kier molecular flexibility index (Phi) is 4.61. The van der Waals surface area contributed by atoms with Crippen LogP contribution in [0, 0.1) is 12.7 Å². The quantitative estimate of drug-likeness (QED) is 0.748. The Morgan fingerprint density at radius 2 is 1.72 bits per heavy atom. The number of furan rings is 1. The fourth-order valence-electron chi connectivity index (χ4n) is 2.27. The molecule has 2 N–H and O–H groups in total. The maximum Gasteiger partial charge on any atom is 0.291 e. The van der Waals surface area contributed by atoms with Gasteiger partial charge in [0.15, 0.2) is 5.76 Å². The number of benzene rings is 2. The maximum absolute atomic E-state index is 13.1. The van der Waals surface area contributed by atoms with Crippen LogP contribution in [0.4, 0.5) is 15.8 Å². The van der Waals surface area contributed by atoms with Gasteiger partial charge in [-0.25, -0.2) is 4.39 Å². The van der Waals surface area contributed by atoms with E-state index in [1.165, 1.54) is 24.5 Å². The lowest BCUT2D eigenvalue weighted by molar-refractivity contribution is 0.0995. The predicted molar refractivity (Wildman–Crippen MR) is 92.2 cm³/mol. The van der Waals surface area contributed by atoms with Crippen molar-refractivity contribution in [2.45, 2.75) is 6.92 Å². The van der Waals surface area contributed by atoms with Gasteiger partial charge in [-0.2, -0.15) is 0 Å². The highest BCUT2D eigenvalue weighted by Gasteiger charge is 2.11. The van der Waals surface area contributed by atoms with E-state index in [0.29, 0.717) is 22.5 Å². The minimum absolute atomic E-state index is 0.202. The van der Waals surface area contributed by atoms with Crippen molar-refractivity contribution < 1.29 is 18.4 Å². The number of rotatable bonds is 4. The third-order valence-electron chi connectivity index (χ3n) is 3.59. The van der Waals surface area contributed by atoms with Crippen LogP contribution < -0.4 is 10.6 Å². The van der Waals surface area contributed by atoms with Gasteiger partial charge in [0.25, 0.3) is 11.8 Å². The number of aryl methyl sites for hydroxylation is 1. The van der Waals surface area contributed by atoms with Crippen molar-refractivity contribution in [3.63, 3.8) is 0 Å². The molecule has 3 rings (SSSR count). The summed E-state index contributed by atoms with van der Waals surface area (Å²) in [7, 11) is 0. The van der Waals surface area contributed by atoms with E-state index in [4.69, 9.17) is 4.42 Å². The average Bonchev–Trinajstić information content (AvgIpc) is 3.13. The van der Waals surface area contributed by atoms with Gasteiger partial charge in [0, 0.05) is 16.9 Å². The van der Waals surface area contributed by atoms with Crippen LogP contribution in [0.5, 0.6) is 0 Å². The Morgan fingerprint density at radius 1 is 0.960 bits per heavy atom. The van der Waals surface area contributed by atoms with Gasteiger partial charge >= 0.3 is 0 Å². The van der Waals surface area contributed by atoms with Gasteiger partial charge in [0.2, 0.25) is 0 Å². The van der Waals surface area contributed by atoms with Crippen molar-refractivity contribution in [1.82, 2.24) is 0 Å². The van der Waals surface area contributed by atoms with Gasteiger partial charge in [-0.1, -0.05) is 0 Å². The van der Waals surface area contributed by atoms with Gasteiger partial charge in [0.05, 0.1) is 6.26 Å². The molecule has 2 aromatic carbocycles. The Labute approximate surface area is 143 Å². The van der Waals surface area contributed by atoms with Gasteiger partial charge in [0.1, 0.15) is 5.82 Å². The van der Waals surface area contributed by atoms with E-state index in [1.807, 2.05) is 0 Å². The normalized spacial score (nSPS) is 10.3. The first-order valence-electron chi connectivity index (χ1n) is 7.55. The lowest BCUT2D eigenvalue weighted by Gasteiger charge is -2.09. The Balaban J connectivity index is 1.67. The first-order chi connectivity index (χ1) is 12.0. The van der Waals surface area contributed by atoms with Crippen LogP contribution in [0.2, 0.25) is 0 Å². The van der Waals surface area contributed by atoms with Crippen LogP contribution >= 0.6 is 0 Å². The van der Waals surface area contributed by atoms with Gasteiger partial charge in [-0.05, 0) is 67.1 Å². The number of carbonyl (C=O) groups is 2. The number of carbonyl (C=O) groups excluding carboxylic acids is 2. The van der Waals surface area contributed by atoms with Crippen LogP contribution in [0.1, 0.15) is 26.5 Å². The summed E-state index contributed by atoms with van der Waals surface area (Å²) in [5, 5.41) is 5.40. The summed E-state index contributed by atoms with van der Waals surface area (Å²) in [5.41, 5.74) is 2.13. The second-order valence-corrected chi connectivity index (χ2v) is 5.42. The third-order valence-corrected chi connectivity index (χ3v) is 3.59.